The first-order valence-electron chi connectivity index (χ1n) is 4.70. The molecule has 0 saturated heterocycles. The molecule has 3 N–H and O–H groups in total. The summed E-state index contributed by atoms with van der Waals surface area (Å²) in [7, 11) is 0. The number of carboxylic acids is 1. The van der Waals surface area contributed by atoms with Gasteiger partial charge in [0.2, 0.25) is 0 Å². The molecule has 1 aromatic carbocycles. The minimum Gasteiger partial charge on any atom is -0.508 e. The lowest BCUT2D eigenvalue weighted by Crippen LogP contribution is -2.14. The molecule has 0 spiro atoms. The highest BCUT2D eigenvalue weighted by Crippen LogP contribution is 2.52. The minimum atomic E-state index is -1.30. The van der Waals surface area contributed by atoms with Crippen LogP contribution in [0.25, 0.3) is 0 Å². The number of phenols is 1. The molecule has 80 valence electrons. The predicted molar refractivity (Wildman–Crippen MR) is 52.5 cm³/mol. The third kappa shape index (κ3) is 1.57. The smallest absolute Gasteiger partial charge is 0.309 e. The van der Waals surface area contributed by atoms with Crippen LogP contribution in [0.1, 0.15) is 17.5 Å². The van der Waals surface area contributed by atoms with E-state index in [0.717, 1.165) is 5.56 Å². The zero-order valence-electron chi connectivity index (χ0n) is 8.27. The van der Waals surface area contributed by atoms with Gasteiger partial charge in [0.25, 0.3) is 0 Å². The van der Waals surface area contributed by atoms with Crippen molar-refractivity contribution in [3.05, 3.63) is 29.3 Å². The maximum atomic E-state index is 10.7. The average molecular weight is 208 g/mol. The van der Waals surface area contributed by atoms with Gasteiger partial charge in [0.1, 0.15) is 11.4 Å². The number of carbonyl (C=O) groups is 1. The highest BCUT2D eigenvalue weighted by atomic mass is 16.4. The Balaban J connectivity index is 2.36. The van der Waals surface area contributed by atoms with E-state index in [2.05, 4.69) is 0 Å². The number of hydrogen-bond donors (Lipinski definition) is 3. The van der Waals surface area contributed by atoms with Crippen molar-refractivity contribution < 1.29 is 20.1 Å². The normalized spacial score (nSPS) is 28.8. The Morgan fingerprint density at radius 2 is 2.13 bits per heavy atom. The van der Waals surface area contributed by atoms with Gasteiger partial charge in [-0.15, -0.1) is 0 Å². The van der Waals surface area contributed by atoms with Gasteiger partial charge in [-0.1, -0.05) is 6.07 Å². The van der Waals surface area contributed by atoms with Gasteiger partial charge >= 0.3 is 5.97 Å². The van der Waals surface area contributed by atoms with Crippen molar-refractivity contribution in [2.75, 3.05) is 0 Å². The fourth-order valence-electron chi connectivity index (χ4n) is 1.88. The van der Waals surface area contributed by atoms with E-state index in [-0.39, 0.29) is 12.2 Å². The first kappa shape index (κ1) is 9.98. The number of rotatable bonds is 2. The van der Waals surface area contributed by atoms with Gasteiger partial charge in [0, 0.05) is 0 Å². The fraction of sp³-hybridized carbons (Fsp3) is 0.364. The zero-order valence-corrected chi connectivity index (χ0v) is 8.27. The van der Waals surface area contributed by atoms with Crippen molar-refractivity contribution in [2.45, 2.75) is 18.9 Å². The molecule has 0 amide bonds. The van der Waals surface area contributed by atoms with Crippen LogP contribution in [0, 0.1) is 12.8 Å². The van der Waals surface area contributed by atoms with E-state index in [9.17, 15) is 15.0 Å². The SMILES string of the molecule is Cc1cc(O)cc(C2(O)CC2C(=O)O)c1. The quantitative estimate of drug-likeness (QED) is 0.677. The lowest BCUT2D eigenvalue weighted by Gasteiger charge is -2.10. The maximum absolute atomic E-state index is 10.7. The molecule has 15 heavy (non-hydrogen) atoms. The molecule has 2 rings (SSSR count). The van der Waals surface area contributed by atoms with Crippen molar-refractivity contribution in [3.8, 4) is 5.75 Å². The van der Waals surface area contributed by atoms with Gasteiger partial charge in [-0.25, -0.2) is 0 Å². The summed E-state index contributed by atoms with van der Waals surface area (Å²) in [5.41, 5.74) is -0.0168. The van der Waals surface area contributed by atoms with Crippen LogP contribution in [0.2, 0.25) is 0 Å². The third-order valence-electron chi connectivity index (χ3n) is 2.79. The minimum absolute atomic E-state index is 0.0504. The van der Waals surface area contributed by atoms with Crippen LogP contribution in [-0.4, -0.2) is 21.3 Å². The average Bonchev–Trinajstić information content (AvgIpc) is 2.78. The molecule has 1 fully saturated rings. The Morgan fingerprint density at radius 3 is 2.60 bits per heavy atom. The topological polar surface area (TPSA) is 77.8 Å². The van der Waals surface area contributed by atoms with Gasteiger partial charge < -0.3 is 15.3 Å². The molecule has 1 saturated carbocycles. The van der Waals surface area contributed by atoms with Crippen LogP contribution in [0.15, 0.2) is 18.2 Å². The van der Waals surface area contributed by atoms with Crippen molar-refractivity contribution in [2.24, 2.45) is 5.92 Å². The number of phenolic OH excluding ortho intramolecular Hbond substituents is 1. The van der Waals surface area contributed by atoms with Gasteiger partial charge in [-0.3, -0.25) is 4.79 Å². The molecule has 2 unspecified atom stereocenters. The van der Waals surface area contributed by atoms with Crippen molar-refractivity contribution in [1.82, 2.24) is 0 Å². The fourth-order valence-corrected chi connectivity index (χ4v) is 1.88. The van der Waals surface area contributed by atoms with Crippen LogP contribution in [0.4, 0.5) is 0 Å². The molecular weight excluding hydrogens is 196 g/mol. The number of aliphatic hydroxyl groups is 1. The van der Waals surface area contributed by atoms with Crippen molar-refractivity contribution in [1.29, 1.82) is 0 Å². The van der Waals surface area contributed by atoms with E-state index in [1.807, 2.05) is 0 Å². The van der Waals surface area contributed by atoms with E-state index in [4.69, 9.17) is 5.11 Å². The van der Waals surface area contributed by atoms with E-state index < -0.39 is 17.5 Å². The van der Waals surface area contributed by atoms with E-state index in [1.165, 1.54) is 6.07 Å². The highest BCUT2D eigenvalue weighted by Gasteiger charge is 2.59. The van der Waals surface area contributed by atoms with Crippen LogP contribution in [0.5, 0.6) is 5.75 Å². The van der Waals surface area contributed by atoms with E-state index in [1.54, 1.807) is 19.1 Å². The summed E-state index contributed by atoms with van der Waals surface area (Å²) in [5.74, 6) is -1.70. The van der Waals surface area contributed by atoms with Crippen molar-refractivity contribution in [3.63, 3.8) is 0 Å². The molecule has 0 aromatic heterocycles. The number of carboxylic acid groups (broad SMARTS) is 1. The predicted octanol–water partition coefficient (Wildman–Crippen LogP) is 0.993. The Kier molecular flexibility index (Phi) is 1.98. The molecule has 2 atom stereocenters. The molecule has 0 bridgehead atoms. The molecule has 1 aliphatic carbocycles. The summed E-state index contributed by atoms with van der Waals surface area (Å²) in [5, 5.41) is 28.1. The number of aliphatic carboxylic acids is 1. The van der Waals surface area contributed by atoms with Gasteiger partial charge in [0.15, 0.2) is 0 Å². The molecule has 4 nitrogen and oxygen atoms in total. The molecule has 0 heterocycles. The first-order valence-corrected chi connectivity index (χ1v) is 4.70. The highest BCUT2D eigenvalue weighted by molar-refractivity contribution is 5.76. The van der Waals surface area contributed by atoms with E-state index in [0.29, 0.717) is 5.56 Å². The van der Waals surface area contributed by atoms with Crippen LogP contribution < -0.4 is 0 Å². The zero-order chi connectivity index (χ0) is 11.2. The van der Waals surface area contributed by atoms with Gasteiger partial charge in [0.05, 0.1) is 5.92 Å². The lowest BCUT2D eigenvalue weighted by atomic mass is 10.0. The largest absolute Gasteiger partial charge is 0.508 e. The Bertz CT molecular complexity index is 406. The molecule has 4 heteroatoms. The number of hydrogen-bond acceptors (Lipinski definition) is 3. The van der Waals surface area contributed by atoms with Crippen LogP contribution >= 0.6 is 0 Å². The standard InChI is InChI=1S/C11H12O4/c1-6-2-7(4-8(12)3-6)11(15)5-9(11)10(13)14/h2-4,9,12,15H,5H2,1H3,(H,13,14). The molecular formula is C11H12O4. The summed E-state index contributed by atoms with van der Waals surface area (Å²) in [6, 6.07) is 4.67. The Hall–Kier alpha value is -1.55. The monoisotopic (exact) mass is 208 g/mol. The third-order valence-corrected chi connectivity index (χ3v) is 2.79. The molecule has 1 aromatic rings. The number of aryl methyl sites for hydroxylation is 1. The van der Waals surface area contributed by atoms with E-state index >= 15 is 0 Å². The Labute approximate surface area is 86.8 Å². The maximum Gasteiger partial charge on any atom is 0.309 e. The van der Waals surface area contributed by atoms with Gasteiger partial charge in [-0.05, 0) is 36.6 Å². The first-order chi connectivity index (χ1) is 6.93. The number of aromatic hydroxyl groups is 1. The summed E-state index contributed by atoms with van der Waals surface area (Å²) >= 11 is 0. The summed E-state index contributed by atoms with van der Waals surface area (Å²) < 4.78 is 0. The second-order valence-corrected chi connectivity index (χ2v) is 4.08. The van der Waals surface area contributed by atoms with Crippen LogP contribution in [-0.2, 0) is 10.4 Å². The summed E-state index contributed by atoms with van der Waals surface area (Å²) in [6.07, 6.45) is 0.214. The van der Waals surface area contributed by atoms with Crippen molar-refractivity contribution >= 4 is 5.97 Å². The molecule has 0 radical (unpaired) electrons. The number of benzene rings is 1. The second-order valence-electron chi connectivity index (χ2n) is 4.08. The molecule has 1 aliphatic rings. The summed E-state index contributed by atoms with van der Waals surface area (Å²) in [4.78, 5) is 10.7. The lowest BCUT2D eigenvalue weighted by molar-refractivity contribution is -0.140. The molecule has 0 aliphatic heterocycles. The Morgan fingerprint density at radius 1 is 1.47 bits per heavy atom. The second kappa shape index (κ2) is 2.97. The van der Waals surface area contributed by atoms with Crippen LogP contribution in [0.3, 0.4) is 0 Å². The summed E-state index contributed by atoms with van der Waals surface area (Å²) in [6.45, 7) is 1.78. The van der Waals surface area contributed by atoms with Gasteiger partial charge in [-0.2, -0.15) is 0 Å².